The van der Waals surface area contributed by atoms with Crippen LogP contribution in [0.4, 0.5) is 0 Å². The standard InChI is InChI=1S/C13H19NO3S/c1-2-18(15,16)10-8-13(14)7-9-17-12-6-4-3-5-11(12)13/h3-6H,2,7-10,14H2,1H3. The molecule has 2 N–H and O–H groups in total. The zero-order chi connectivity index (χ0) is 13.2. The molecule has 1 heterocycles. The molecule has 4 nitrogen and oxygen atoms in total. The first kappa shape index (κ1) is 13.4. The predicted molar refractivity (Wildman–Crippen MR) is 71.4 cm³/mol. The number of benzene rings is 1. The highest BCUT2D eigenvalue weighted by molar-refractivity contribution is 7.91. The number of nitrogens with two attached hydrogens (primary N) is 1. The Balaban J connectivity index is 2.22. The van der Waals surface area contributed by atoms with Crippen molar-refractivity contribution in [2.45, 2.75) is 25.3 Å². The zero-order valence-corrected chi connectivity index (χ0v) is 11.4. The lowest BCUT2D eigenvalue weighted by atomic mass is 9.83. The van der Waals surface area contributed by atoms with Gasteiger partial charge in [0.25, 0.3) is 0 Å². The van der Waals surface area contributed by atoms with Gasteiger partial charge in [-0.05, 0) is 12.5 Å². The summed E-state index contributed by atoms with van der Waals surface area (Å²) in [5.74, 6) is 1.08. The Morgan fingerprint density at radius 3 is 2.83 bits per heavy atom. The van der Waals surface area contributed by atoms with Gasteiger partial charge in [-0.1, -0.05) is 25.1 Å². The van der Waals surface area contributed by atoms with Gasteiger partial charge in [0.2, 0.25) is 0 Å². The van der Waals surface area contributed by atoms with Crippen molar-refractivity contribution in [2.24, 2.45) is 5.73 Å². The fourth-order valence-corrected chi connectivity index (χ4v) is 3.19. The smallest absolute Gasteiger partial charge is 0.150 e. The van der Waals surface area contributed by atoms with Crippen molar-refractivity contribution in [3.63, 3.8) is 0 Å². The minimum atomic E-state index is -2.98. The van der Waals surface area contributed by atoms with Gasteiger partial charge in [-0.15, -0.1) is 0 Å². The maximum atomic E-state index is 11.6. The molecule has 2 rings (SSSR count). The van der Waals surface area contributed by atoms with Crippen LogP contribution in [0.15, 0.2) is 24.3 Å². The monoisotopic (exact) mass is 269 g/mol. The normalized spacial score (nSPS) is 23.2. The van der Waals surface area contributed by atoms with Gasteiger partial charge in [0, 0.05) is 23.3 Å². The van der Waals surface area contributed by atoms with Crippen LogP contribution in [0.25, 0.3) is 0 Å². The maximum Gasteiger partial charge on any atom is 0.150 e. The van der Waals surface area contributed by atoms with Crippen LogP contribution in [0, 0.1) is 0 Å². The van der Waals surface area contributed by atoms with Gasteiger partial charge in [0.05, 0.1) is 12.4 Å². The van der Waals surface area contributed by atoms with E-state index in [-0.39, 0.29) is 11.5 Å². The number of sulfone groups is 1. The van der Waals surface area contributed by atoms with Gasteiger partial charge in [0.1, 0.15) is 15.6 Å². The number of fused-ring (bicyclic) bond motifs is 1. The van der Waals surface area contributed by atoms with Crippen LogP contribution >= 0.6 is 0 Å². The quantitative estimate of drug-likeness (QED) is 0.898. The molecule has 0 fully saturated rings. The van der Waals surface area contributed by atoms with E-state index in [2.05, 4.69) is 0 Å². The third-order valence-electron chi connectivity index (χ3n) is 3.53. The van der Waals surface area contributed by atoms with Gasteiger partial charge in [0.15, 0.2) is 0 Å². The maximum absolute atomic E-state index is 11.6. The fourth-order valence-electron chi connectivity index (χ4n) is 2.22. The van der Waals surface area contributed by atoms with Gasteiger partial charge < -0.3 is 10.5 Å². The molecule has 1 aliphatic heterocycles. The van der Waals surface area contributed by atoms with E-state index in [4.69, 9.17) is 10.5 Å². The van der Waals surface area contributed by atoms with E-state index in [9.17, 15) is 8.42 Å². The lowest BCUT2D eigenvalue weighted by molar-refractivity contribution is 0.213. The minimum Gasteiger partial charge on any atom is -0.493 e. The van der Waals surface area contributed by atoms with Crippen molar-refractivity contribution in [2.75, 3.05) is 18.1 Å². The van der Waals surface area contributed by atoms with Crippen LogP contribution in [0.1, 0.15) is 25.3 Å². The molecule has 0 saturated heterocycles. The second-order valence-electron chi connectivity index (χ2n) is 4.74. The van der Waals surface area contributed by atoms with Gasteiger partial charge in [-0.2, -0.15) is 0 Å². The highest BCUT2D eigenvalue weighted by Gasteiger charge is 2.34. The third-order valence-corrected chi connectivity index (χ3v) is 5.23. The molecular formula is C13H19NO3S. The van der Waals surface area contributed by atoms with Crippen molar-refractivity contribution in [1.29, 1.82) is 0 Å². The molecule has 0 aromatic heterocycles. The number of hydrogen-bond donors (Lipinski definition) is 1. The highest BCUT2D eigenvalue weighted by atomic mass is 32.2. The van der Waals surface area contributed by atoms with E-state index < -0.39 is 15.4 Å². The van der Waals surface area contributed by atoms with Gasteiger partial charge >= 0.3 is 0 Å². The molecule has 1 aromatic carbocycles. The SMILES string of the molecule is CCS(=O)(=O)CCC1(N)CCOc2ccccc21. The van der Waals surface area contributed by atoms with Crippen molar-refractivity contribution in [1.82, 2.24) is 0 Å². The zero-order valence-electron chi connectivity index (χ0n) is 10.6. The highest BCUT2D eigenvalue weighted by Crippen LogP contribution is 2.37. The van der Waals surface area contributed by atoms with Crippen LogP contribution in [0.3, 0.4) is 0 Å². The number of hydrogen-bond acceptors (Lipinski definition) is 4. The van der Waals surface area contributed by atoms with Crippen LogP contribution < -0.4 is 10.5 Å². The second-order valence-corrected chi connectivity index (χ2v) is 7.21. The first-order chi connectivity index (χ1) is 8.47. The lowest BCUT2D eigenvalue weighted by Gasteiger charge is -2.35. The molecule has 1 aliphatic rings. The van der Waals surface area contributed by atoms with Gasteiger partial charge in [-0.25, -0.2) is 8.42 Å². The lowest BCUT2D eigenvalue weighted by Crippen LogP contribution is -2.43. The predicted octanol–water partition coefficient (Wildman–Crippen LogP) is 1.45. The molecule has 0 spiro atoms. The molecule has 0 aliphatic carbocycles. The summed E-state index contributed by atoms with van der Waals surface area (Å²) in [6, 6.07) is 7.61. The molecule has 100 valence electrons. The average Bonchev–Trinajstić information content (AvgIpc) is 2.38. The second kappa shape index (κ2) is 4.90. The van der Waals surface area contributed by atoms with Crippen molar-refractivity contribution in [3.8, 4) is 5.75 Å². The third kappa shape index (κ3) is 2.67. The molecule has 1 aromatic rings. The largest absolute Gasteiger partial charge is 0.493 e. The molecule has 0 saturated carbocycles. The van der Waals surface area contributed by atoms with Crippen LogP contribution in [0.2, 0.25) is 0 Å². The molecule has 0 bridgehead atoms. The summed E-state index contributed by atoms with van der Waals surface area (Å²) in [4.78, 5) is 0. The Labute approximate surface area is 108 Å². The van der Waals surface area contributed by atoms with E-state index in [1.807, 2.05) is 24.3 Å². The van der Waals surface area contributed by atoms with E-state index >= 15 is 0 Å². The van der Waals surface area contributed by atoms with E-state index in [1.165, 1.54) is 0 Å². The summed E-state index contributed by atoms with van der Waals surface area (Å²) in [5.41, 5.74) is 6.72. The van der Waals surface area contributed by atoms with Crippen LogP contribution in [-0.4, -0.2) is 26.5 Å². The van der Waals surface area contributed by atoms with E-state index in [0.29, 0.717) is 19.4 Å². The molecule has 1 atom stereocenters. The van der Waals surface area contributed by atoms with E-state index in [1.54, 1.807) is 6.92 Å². The summed E-state index contributed by atoms with van der Waals surface area (Å²) >= 11 is 0. The summed E-state index contributed by atoms with van der Waals surface area (Å²) < 4.78 is 28.8. The topological polar surface area (TPSA) is 69.4 Å². The minimum absolute atomic E-state index is 0.133. The molecular weight excluding hydrogens is 250 g/mol. The summed E-state index contributed by atoms with van der Waals surface area (Å²) in [6.07, 6.45) is 1.10. The molecule has 0 amide bonds. The summed E-state index contributed by atoms with van der Waals surface area (Å²) in [7, 11) is -2.98. The molecule has 0 radical (unpaired) electrons. The number of para-hydroxylation sites is 1. The van der Waals surface area contributed by atoms with Gasteiger partial charge in [-0.3, -0.25) is 0 Å². The van der Waals surface area contributed by atoms with Crippen LogP contribution in [-0.2, 0) is 15.4 Å². The first-order valence-corrected chi connectivity index (χ1v) is 8.01. The summed E-state index contributed by atoms with van der Waals surface area (Å²) in [5, 5.41) is 0. The Morgan fingerprint density at radius 2 is 2.11 bits per heavy atom. The Bertz CT molecular complexity index is 527. The van der Waals surface area contributed by atoms with E-state index in [0.717, 1.165) is 11.3 Å². The molecule has 5 heteroatoms. The Kier molecular flexibility index (Phi) is 3.64. The van der Waals surface area contributed by atoms with Crippen molar-refractivity contribution >= 4 is 9.84 Å². The first-order valence-electron chi connectivity index (χ1n) is 6.18. The van der Waals surface area contributed by atoms with Crippen LogP contribution in [0.5, 0.6) is 5.75 Å². The fraction of sp³-hybridized carbons (Fsp3) is 0.538. The molecule has 1 unspecified atom stereocenters. The molecule has 18 heavy (non-hydrogen) atoms. The Morgan fingerprint density at radius 1 is 1.39 bits per heavy atom. The Hall–Kier alpha value is -1.07. The summed E-state index contributed by atoms with van der Waals surface area (Å²) in [6.45, 7) is 2.20. The van der Waals surface area contributed by atoms with Crippen molar-refractivity contribution in [3.05, 3.63) is 29.8 Å². The average molecular weight is 269 g/mol. The number of rotatable bonds is 4. The number of ether oxygens (including phenoxy) is 1. The van der Waals surface area contributed by atoms with Crippen molar-refractivity contribution < 1.29 is 13.2 Å².